The lowest BCUT2D eigenvalue weighted by atomic mass is 10.3. The van der Waals surface area contributed by atoms with Crippen LogP contribution in [0.5, 0.6) is 5.75 Å². The number of nitrogens with zero attached hydrogens (tertiary/aromatic N) is 3. The zero-order valence-corrected chi connectivity index (χ0v) is 17.4. The van der Waals surface area contributed by atoms with Gasteiger partial charge >= 0.3 is 0 Å². The average Bonchev–Trinajstić information content (AvgIpc) is 3.09. The van der Waals surface area contributed by atoms with Gasteiger partial charge in [0.2, 0.25) is 5.91 Å². The van der Waals surface area contributed by atoms with Crippen LogP contribution in [0.4, 0.5) is 5.69 Å². The monoisotopic (exact) mass is 458 g/mol. The predicted octanol–water partition coefficient (Wildman–Crippen LogP) is 4.54. The topological polar surface area (TPSA) is 69.0 Å². The van der Waals surface area contributed by atoms with Crippen molar-refractivity contribution in [1.82, 2.24) is 14.8 Å². The summed E-state index contributed by atoms with van der Waals surface area (Å²) in [6.45, 7) is 4.60. The van der Waals surface area contributed by atoms with Gasteiger partial charge in [-0.1, -0.05) is 52.0 Å². The number of hydrogen-bond acceptors (Lipinski definition) is 5. The van der Waals surface area contributed by atoms with E-state index in [4.69, 9.17) is 4.74 Å². The smallest absolute Gasteiger partial charge is 0.234 e. The number of allylic oxidation sites excluding steroid dienone is 1. The molecule has 1 amide bonds. The van der Waals surface area contributed by atoms with Gasteiger partial charge in [-0.15, -0.1) is 16.8 Å². The Balaban J connectivity index is 1.60. The van der Waals surface area contributed by atoms with Gasteiger partial charge in [0.05, 0.1) is 5.75 Å². The molecule has 0 aliphatic heterocycles. The standard InChI is InChI=1S/C20H19BrN4O2S/c1-2-12-25-18(13-27-17-10-8-15(21)9-11-17)23-24-20(25)28-14-19(26)22-16-6-4-3-5-7-16/h2-11H,1,12-14H2,(H,22,26). The molecule has 0 aliphatic rings. The largest absolute Gasteiger partial charge is 0.486 e. The highest BCUT2D eigenvalue weighted by molar-refractivity contribution is 9.10. The molecular weight excluding hydrogens is 440 g/mol. The van der Waals surface area contributed by atoms with Gasteiger partial charge in [-0.05, 0) is 36.4 Å². The van der Waals surface area contributed by atoms with Crippen molar-refractivity contribution in [1.29, 1.82) is 0 Å². The minimum absolute atomic E-state index is 0.1000. The molecule has 1 aromatic heterocycles. The van der Waals surface area contributed by atoms with Crippen molar-refractivity contribution in [2.24, 2.45) is 0 Å². The van der Waals surface area contributed by atoms with Crippen LogP contribution >= 0.6 is 27.7 Å². The minimum Gasteiger partial charge on any atom is -0.486 e. The number of aromatic nitrogens is 3. The second-order valence-corrected chi connectivity index (χ2v) is 7.60. The number of nitrogens with one attached hydrogen (secondary N) is 1. The zero-order valence-electron chi connectivity index (χ0n) is 15.0. The van der Waals surface area contributed by atoms with Gasteiger partial charge in [0, 0.05) is 16.7 Å². The van der Waals surface area contributed by atoms with Crippen molar-refractivity contribution in [2.45, 2.75) is 18.3 Å². The van der Waals surface area contributed by atoms with Crippen LogP contribution in [0.15, 0.2) is 76.9 Å². The molecule has 8 heteroatoms. The maximum atomic E-state index is 12.2. The number of rotatable bonds is 9. The van der Waals surface area contributed by atoms with Gasteiger partial charge in [0.15, 0.2) is 11.0 Å². The molecule has 0 aliphatic carbocycles. The fourth-order valence-corrected chi connectivity index (χ4v) is 3.40. The number of amides is 1. The molecule has 0 bridgehead atoms. The highest BCUT2D eigenvalue weighted by atomic mass is 79.9. The minimum atomic E-state index is -0.1000. The van der Waals surface area contributed by atoms with Crippen molar-refractivity contribution in [3.63, 3.8) is 0 Å². The molecule has 28 heavy (non-hydrogen) atoms. The lowest BCUT2D eigenvalue weighted by Crippen LogP contribution is -2.14. The summed E-state index contributed by atoms with van der Waals surface area (Å²) in [5.41, 5.74) is 0.768. The number of hydrogen-bond donors (Lipinski definition) is 1. The van der Waals surface area contributed by atoms with E-state index in [0.717, 1.165) is 15.9 Å². The number of carbonyl (C=O) groups excluding carboxylic acids is 1. The number of benzene rings is 2. The zero-order chi connectivity index (χ0) is 19.8. The summed E-state index contributed by atoms with van der Waals surface area (Å²) in [4.78, 5) is 12.2. The number of thioether (sulfide) groups is 1. The Morgan fingerprint density at radius 3 is 2.64 bits per heavy atom. The number of para-hydroxylation sites is 1. The number of halogens is 1. The Hall–Kier alpha value is -2.58. The number of carbonyl (C=O) groups is 1. The summed E-state index contributed by atoms with van der Waals surface area (Å²) >= 11 is 4.72. The Morgan fingerprint density at radius 2 is 1.93 bits per heavy atom. The molecule has 3 rings (SSSR count). The fourth-order valence-electron chi connectivity index (χ4n) is 2.37. The SMILES string of the molecule is C=CCn1c(COc2ccc(Br)cc2)nnc1SCC(=O)Nc1ccccc1. The lowest BCUT2D eigenvalue weighted by molar-refractivity contribution is -0.113. The Labute approximate surface area is 176 Å². The molecule has 0 radical (unpaired) electrons. The summed E-state index contributed by atoms with van der Waals surface area (Å²) in [5, 5.41) is 11.9. The predicted molar refractivity (Wildman–Crippen MR) is 114 cm³/mol. The molecule has 0 saturated carbocycles. The summed E-state index contributed by atoms with van der Waals surface area (Å²) in [5.74, 6) is 1.55. The summed E-state index contributed by atoms with van der Waals surface area (Å²) in [6, 6.07) is 16.9. The molecule has 0 saturated heterocycles. The highest BCUT2D eigenvalue weighted by Crippen LogP contribution is 2.20. The van der Waals surface area contributed by atoms with E-state index in [1.165, 1.54) is 11.8 Å². The van der Waals surface area contributed by atoms with E-state index in [9.17, 15) is 4.79 Å². The molecule has 0 atom stereocenters. The molecule has 0 spiro atoms. The van der Waals surface area contributed by atoms with Gasteiger partial charge < -0.3 is 10.1 Å². The second kappa shape index (κ2) is 10.1. The Bertz CT molecular complexity index is 929. The van der Waals surface area contributed by atoms with Crippen LogP contribution in [0.3, 0.4) is 0 Å². The Morgan fingerprint density at radius 1 is 1.18 bits per heavy atom. The molecule has 144 valence electrons. The van der Waals surface area contributed by atoms with Crippen molar-refractivity contribution in [2.75, 3.05) is 11.1 Å². The number of ether oxygens (including phenoxy) is 1. The molecule has 0 fully saturated rings. The first-order valence-corrected chi connectivity index (χ1v) is 10.3. The van der Waals surface area contributed by atoms with E-state index in [2.05, 4.69) is 38.0 Å². The van der Waals surface area contributed by atoms with E-state index < -0.39 is 0 Å². The van der Waals surface area contributed by atoms with Crippen molar-refractivity contribution in [3.8, 4) is 5.75 Å². The molecule has 2 aromatic carbocycles. The highest BCUT2D eigenvalue weighted by Gasteiger charge is 2.14. The van der Waals surface area contributed by atoms with Crippen LogP contribution in [-0.4, -0.2) is 26.4 Å². The van der Waals surface area contributed by atoms with Gasteiger partial charge in [-0.2, -0.15) is 0 Å². The third-order valence-electron chi connectivity index (χ3n) is 3.68. The third-order valence-corrected chi connectivity index (χ3v) is 5.17. The summed E-state index contributed by atoms with van der Waals surface area (Å²) < 4.78 is 8.67. The van der Waals surface area contributed by atoms with Crippen molar-refractivity contribution in [3.05, 3.63) is 77.5 Å². The first-order valence-electron chi connectivity index (χ1n) is 8.55. The molecule has 6 nitrogen and oxygen atoms in total. The molecule has 0 unspecified atom stereocenters. The van der Waals surface area contributed by atoms with E-state index in [0.29, 0.717) is 17.5 Å². The van der Waals surface area contributed by atoms with Crippen LogP contribution in [0.2, 0.25) is 0 Å². The lowest BCUT2D eigenvalue weighted by Gasteiger charge is -2.09. The normalized spacial score (nSPS) is 10.5. The molecule has 1 heterocycles. The second-order valence-electron chi connectivity index (χ2n) is 5.74. The molecule has 3 aromatic rings. The van der Waals surface area contributed by atoms with Crippen molar-refractivity contribution >= 4 is 39.3 Å². The fraction of sp³-hybridized carbons (Fsp3) is 0.150. The first-order chi connectivity index (χ1) is 13.7. The maximum Gasteiger partial charge on any atom is 0.234 e. The van der Waals surface area contributed by atoms with E-state index in [-0.39, 0.29) is 18.3 Å². The van der Waals surface area contributed by atoms with Crippen LogP contribution in [0.25, 0.3) is 0 Å². The maximum absolute atomic E-state index is 12.2. The van der Waals surface area contributed by atoms with Gasteiger partial charge in [0.1, 0.15) is 12.4 Å². The molecule has 1 N–H and O–H groups in total. The van der Waals surface area contributed by atoms with Crippen molar-refractivity contribution < 1.29 is 9.53 Å². The average molecular weight is 459 g/mol. The molecular formula is C20H19BrN4O2S. The summed E-state index contributed by atoms with van der Waals surface area (Å²) in [6.07, 6.45) is 1.76. The van der Waals surface area contributed by atoms with E-state index >= 15 is 0 Å². The Kier molecular flexibility index (Phi) is 7.27. The van der Waals surface area contributed by atoms with Crippen LogP contribution in [0.1, 0.15) is 5.82 Å². The summed E-state index contributed by atoms with van der Waals surface area (Å²) in [7, 11) is 0. The van der Waals surface area contributed by atoms with Crippen LogP contribution < -0.4 is 10.1 Å². The van der Waals surface area contributed by atoms with Gasteiger partial charge in [-0.3, -0.25) is 9.36 Å². The van der Waals surface area contributed by atoms with Crippen LogP contribution in [0, 0.1) is 0 Å². The quantitative estimate of drug-likeness (QED) is 0.376. The van der Waals surface area contributed by atoms with Gasteiger partial charge in [-0.25, -0.2) is 0 Å². The van der Waals surface area contributed by atoms with E-state index in [1.54, 1.807) is 6.08 Å². The van der Waals surface area contributed by atoms with Gasteiger partial charge in [0.25, 0.3) is 0 Å². The van der Waals surface area contributed by atoms with Crippen LogP contribution in [-0.2, 0) is 17.9 Å². The number of anilines is 1. The first kappa shape index (κ1) is 20.2. The third kappa shape index (κ3) is 5.71. The van der Waals surface area contributed by atoms with E-state index in [1.807, 2.05) is 59.2 Å².